The van der Waals surface area contributed by atoms with Crippen LogP contribution >= 0.6 is 0 Å². The van der Waals surface area contributed by atoms with Gasteiger partial charge in [-0.05, 0) is 49.2 Å². The van der Waals surface area contributed by atoms with Crippen LogP contribution in [-0.4, -0.2) is 41.3 Å². The summed E-state index contributed by atoms with van der Waals surface area (Å²) in [5, 5.41) is 2.86. The van der Waals surface area contributed by atoms with Crippen molar-refractivity contribution in [1.82, 2.24) is 9.88 Å². The Hall–Kier alpha value is -4.07. The maximum atomic E-state index is 13.4. The van der Waals surface area contributed by atoms with Gasteiger partial charge in [-0.2, -0.15) is 4.98 Å². The molecular formula is C26H26N4O4. The Bertz CT molecular complexity index is 1210. The number of nitrogens with zero attached hydrogens (tertiary/aromatic N) is 3. The normalized spacial score (nSPS) is 14.3. The molecule has 3 heterocycles. The van der Waals surface area contributed by atoms with Crippen LogP contribution in [0.15, 0.2) is 81.8 Å². The smallest absolute Gasteiger partial charge is 0.298 e. The van der Waals surface area contributed by atoms with Gasteiger partial charge < -0.3 is 24.0 Å². The lowest BCUT2D eigenvalue weighted by Crippen LogP contribution is -2.45. The van der Waals surface area contributed by atoms with E-state index in [0.29, 0.717) is 43.4 Å². The van der Waals surface area contributed by atoms with Crippen LogP contribution in [0.5, 0.6) is 0 Å². The van der Waals surface area contributed by atoms with Crippen molar-refractivity contribution < 1.29 is 18.4 Å². The van der Waals surface area contributed by atoms with E-state index in [-0.39, 0.29) is 30.8 Å². The molecule has 2 amide bonds. The number of furan rings is 1. The third-order valence-electron chi connectivity index (χ3n) is 6.03. The van der Waals surface area contributed by atoms with Gasteiger partial charge in [-0.25, -0.2) is 0 Å². The fraction of sp³-hybridized carbons (Fsp3) is 0.269. The Labute approximate surface area is 197 Å². The van der Waals surface area contributed by atoms with Gasteiger partial charge in [0, 0.05) is 24.7 Å². The molecule has 0 unspecified atom stereocenters. The second-order valence-corrected chi connectivity index (χ2v) is 8.41. The molecule has 0 saturated carbocycles. The van der Waals surface area contributed by atoms with Crippen molar-refractivity contribution >= 4 is 34.6 Å². The zero-order chi connectivity index (χ0) is 23.3. The number of benzene rings is 2. The van der Waals surface area contributed by atoms with Crippen molar-refractivity contribution in [3.8, 4) is 0 Å². The summed E-state index contributed by atoms with van der Waals surface area (Å²) in [6.07, 6.45) is 2.89. The highest BCUT2D eigenvalue weighted by Gasteiger charge is 2.31. The number of nitrogens with one attached hydrogen (secondary N) is 1. The van der Waals surface area contributed by atoms with E-state index in [0.717, 1.165) is 11.1 Å². The lowest BCUT2D eigenvalue weighted by molar-refractivity contribution is -0.139. The molecule has 0 atom stereocenters. The van der Waals surface area contributed by atoms with Crippen LogP contribution < -0.4 is 10.2 Å². The highest BCUT2D eigenvalue weighted by molar-refractivity contribution is 5.94. The predicted molar refractivity (Wildman–Crippen MR) is 128 cm³/mol. The van der Waals surface area contributed by atoms with Gasteiger partial charge >= 0.3 is 0 Å². The number of aromatic nitrogens is 1. The second kappa shape index (κ2) is 9.82. The first-order valence-corrected chi connectivity index (χ1v) is 11.4. The van der Waals surface area contributed by atoms with Crippen molar-refractivity contribution in [3.05, 3.63) is 78.8 Å². The average Bonchev–Trinajstić information content (AvgIpc) is 3.54. The molecule has 1 N–H and O–H groups in total. The minimum atomic E-state index is -0.241. The molecule has 1 aliphatic heterocycles. The largest absolute Gasteiger partial charge is 0.467 e. The van der Waals surface area contributed by atoms with E-state index in [4.69, 9.17) is 8.83 Å². The number of para-hydroxylation sites is 3. The lowest BCUT2D eigenvalue weighted by Gasteiger charge is -2.33. The molecule has 1 fully saturated rings. The molecule has 1 aliphatic rings. The van der Waals surface area contributed by atoms with Crippen LogP contribution in [0.1, 0.15) is 18.6 Å². The predicted octanol–water partition coefficient (Wildman–Crippen LogP) is 4.30. The van der Waals surface area contributed by atoms with Crippen LogP contribution in [0.3, 0.4) is 0 Å². The van der Waals surface area contributed by atoms with Crippen molar-refractivity contribution in [1.29, 1.82) is 0 Å². The Morgan fingerprint density at radius 3 is 2.50 bits per heavy atom. The van der Waals surface area contributed by atoms with E-state index < -0.39 is 0 Å². The van der Waals surface area contributed by atoms with Gasteiger partial charge in [0.1, 0.15) is 17.8 Å². The Kier molecular flexibility index (Phi) is 6.29. The van der Waals surface area contributed by atoms with Gasteiger partial charge in [-0.1, -0.05) is 30.3 Å². The molecule has 0 radical (unpaired) electrons. The standard InChI is InChI=1S/C26H26N4O4/c31-24(27-20-7-2-1-3-8-20)18-30(17-21-9-6-16-33-21)25(32)19-12-14-29(15-13-19)26-28-22-10-4-5-11-23(22)34-26/h1-11,16,19H,12-15,17-18H2,(H,27,31). The number of anilines is 2. The maximum Gasteiger partial charge on any atom is 0.298 e. The molecular weight excluding hydrogens is 432 g/mol. The zero-order valence-corrected chi connectivity index (χ0v) is 18.7. The van der Waals surface area contributed by atoms with Crippen molar-refractivity contribution in [2.24, 2.45) is 5.92 Å². The van der Waals surface area contributed by atoms with Crippen LogP contribution in [0, 0.1) is 5.92 Å². The molecule has 8 nitrogen and oxygen atoms in total. The van der Waals surface area contributed by atoms with Crippen molar-refractivity contribution in [3.63, 3.8) is 0 Å². The third-order valence-corrected chi connectivity index (χ3v) is 6.03. The fourth-order valence-corrected chi connectivity index (χ4v) is 4.27. The molecule has 174 valence electrons. The number of hydrogen-bond acceptors (Lipinski definition) is 6. The monoisotopic (exact) mass is 458 g/mol. The van der Waals surface area contributed by atoms with Gasteiger partial charge in [0.05, 0.1) is 12.8 Å². The van der Waals surface area contributed by atoms with Gasteiger partial charge in [0.25, 0.3) is 6.01 Å². The molecule has 4 aromatic rings. The minimum absolute atomic E-state index is 0.0419. The number of rotatable bonds is 7. The summed E-state index contributed by atoms with van der Waals surface area (Å²) in [5.74, 6) is 0.178. The van der Waals surface area contributed by atoms with Gasteiger partial charge in [-0.3, -0.25) is 9.59 Å². The summed E-state index contributed by atoms with van der Waals surface area (Å²) in [5.41, 5.74) is 2.28. The quantitative estimate of drug-likeness (QED) is 0.444. The Morgan fingerprint density at radius 1 is 1.00 bits per heavy atom. The molecule has 34 heavy (non-hydrogen) atoms. The summed E-state index contributed by atoms with van der Waals surface area (Å²) in [6, 6.07) is 21.1. The molecule has 2 aromatic heterocycles. The Balaban J connectivity index is 1.24. The molecule has 2 aromatic carbocycles. The van der Waals surface area contributed by atoms with Gasteiger partial charge in [0.15, 0.2) is 5.58 Å². The number of amides is 2. The average molecular weight is 459 g/mol. The summed E-state index contributed by atoms with van der Waals surface area (Å²) >= 11 is 0. The number of piperidine rings is 1. The van der Waals surface area contributed by atoms with E-state index in [1.165, 1.54) is 0 Å². The van der Waals surface area contributed by atoms with Crippen LogP contribution in [0.25, 0.3) is 11.1 Å². The van der Waals surface area contributed by atoms with Gasteiger partial charge in [0.2, 0.25) is 11.8 Å². The first kappa shape index (κ1) is 21.8. The number of hydrogen-bond donors (Lipinski definition) is 1. The molecule has 5 rings (SSSR count). The lowest BCUT2D eigenvalue weighted by atomic mass is 9.95. The molecule has 1 saturated heterocycles. The molecule has 0 spiro atoms. The van der Waals surface area contributed by atoms with E-state index in [1.807, 2.05) is 60.7 Å². The second-order valence-electron chi connectivity index (χ2n) is 8.41. The van der Waals surface area contributed by atoms with Gasteiger partial charge in [-0.15, -0.1) is 0 Å². The first-order valence-electron chi connectivity index (χ1n) is 11.4. The topological polar surface area (TPSA) is 91.8 Å². The first-order chi connectivity index (χ1) is 16.7. The maximum absolute atomic E-state index is 13.4. The number of carbonyl (C=O) groups excluding carboxylic acids is 2. The number of oxazole rings is 1. The summed E-state index contributed by atoms with van der Waals surface area (Å²) < 4.78 is 11.3. The highest BCUT2D eigenvalue weighted by Crippen LogP contribution is 2.27. The van der Waals surface area contributed by atoms with Crippen LogP contribution in [0.2, 0.25) is 0 Å². The SMILES string of the molecule is O=C(CN(Cc1ccco1)C(=O)C1CCN(c2nc3ccccc3o2)CC1)Nc1ccccc1. The molecule has 0 aliphatic carbocycles. The summed E-state index contributed by atoms with van der Waals surface area (Å²) in [7, 11) is 0. The van der Waals surface area contributed by atoms with Crippen molar-refractivity contribution in [2.45, 2.75) is 19.4 Å². The zero-order valence-electron chi connectivity index (χ0n) is 18.7. The fourth-order valence-electron chi connectivity index (χ4n) is 4.27. The van der Waals surface area contributed by atoms with Crippen molar-refractivity contribution in [2.75, 3.05) is 29.9 Å². The van der Waals surface area contributed by atoms with Crippen LogP contribution in [-0.2, 0) is 16.1 Å². The molecule has 8 heteroatoms. The van der Waals surface area contributed by atoms with E-state index >= 15 is 0 Å². The number of fused-ring (bicyclic) bond motifs is 1. The third kappa shape index (κ3) is 4.96. The highest BCUT2D eigenvalue weighted by atomic mass is 16.4. The molecule has 0 bridgehead atoms. The minimum Gasteiger partial charge on any atom is -0.467 e. The van der Waals surface area contributed by atoms with E-state index in [2.05, 4.69) is 15.2 Å². The number of carbonyl (C=O) groups is 2. The summed E-state index contributed by atoms with van der Waals surface area (Å²) in [4.78, 5) is 34.4. The van der Waals surface area contributed by atoms with E-state index in [1.54, 1.807) is 17.2 Å². The van der Waals surface area contributed by atoms with E-state index in [9.17, 15) is 9.59 Å². The van der Waals surface area contributed by atoms with Crippen LogP contribution in [0.4, 0.5) is 11.7 Å². The summed E-state index contributed by atoms with van der Waals surface area (Å²) in [6.45, 7) is 1.53. The Morgan fingerprint density at radius 2 is 1.76 bits per heavy atom.